The van der Waals surface area contributed by atoms with E-state index in [1.54, 1.807) is 18.0 Å². The summed E-state index contributed by atoms with van der Waals surface area (Å²) in [6.07, 6.45) is 1.63. The van der Waals surface area contributed by atoms with Crippen LogP contribution in [0.15, 0.2) is 40.8 Å². The summed E-state index contributed by atoms with van der Waals surface area (Å²) in [6.45, 7) is 0. The molecule has 6 nitrogen and oxygen atoms in total. The molecule has 0 saturated heterocycles. The second-order valence-corrected chi connectivity index (χ2v) is 3.19. The Kier molecular flexibility index (Phi) is 2.90. The van der Waals surface area contributed by atoms with Gasteiger partial charge in [0.1, 0.15) is 5.75 Å². The fraction of sp³-hybridized carbons (Fsp3) is 0.200. The van der Waals surface area contributed by atoms with Crippen molar-refractivity contribution < 1.29 is 9.30 Å². The molecule has 2 aromatic rings. The predicted molar refractivity (Wildman–Crippen MR) is 56.9 cm³/mol. The number of methoxy groups -OCH3 is 1. The summed E-state index contributed by atoms with van der Waals surface area (Å²) in [5.41, 5.74) is 0.760. The van der Waals surface area contributed by atoms with Crippen LogP contribution in [-0.2, 0) is 7.05 Å². The van der Waals surface area contributed by atoms with E-state index in [9.17, 15) is 0 Å². The number of azo groups is 1. The van der Waals surface area contributed by atoms with Crippen LogP contribution in [0.3, 0.4) is 0 Å². The van der Waals surface area contributed by atoms with Crippen LogP contribution in [0.4, 0.5) is 11.6 Å². The second-order valence-electron chi connectivity index (χ2n) is 3.19. The van der Waals surface area contributed by atoms with Crippen molar-refractivity contribution in [2.45, 2.75) is 0 Å². The first-order valence-electron chi connectivity index (χ1n) is 4.74. The van der Waals surface area contributed by atoms with Crippen LogP contribution < -0.4 is 9.30 Å². The van der Waals surface area contributed by atoms with Gasteiger partial charge < -0.3 is 4.74 Å². The number of nitrogens with zero attached hydrogens (tertiary/aromatic N) is 4. The monoisotopic (exact) mass is 218 g/mol. The van der Waals surface area contributed by atoms with E-state index in [1.165, 1.54) is 0 Å². The van der Waals surface area contributed by atoms with Crippen molar-refractivity contribution >= 4 is 11.6 Å². The lowest BCUT2D eigenvalue weighted by atomic mass is 10.3. The molecule has 6 heteroatoms. The highest BCUT2D eigenvalue weighted by molar-refractivity contribution is 5.40. The van der Waals surface area contributed by atoms with Crippen molar-refractivity contribution in [1.29, 1.82) is 0 Å². The third-order valence-corrected chi connectivity index (χ3v) is 2.06. The number of benzene rings is 1. The Morgan fingerprint density at radius 2 is 2.00 bits per heavy atom. The maximum absolute atomic E-state index is 5.05. The summed E-state index contributed by atoms with van der Waals surface area (Å²) in [7, 11) is 3.47. The van der Waals surface area contributed by atoms with Crippen molar-refractivity contribution in [2.24, 2.45) is 17.3 Å². The molecule has 16 heavy (non-hydrogen) atoms. The minimum absolute atomic E-state index is 0.593. The minimum atomic E-state index is 0.593. The molecular formula is C10H12N5O+. The van der Waals surface area contributed by atoms with Gasteiger partial charge in [-0.2, -0.15) is 0 Å². The smallest absolute Gasteiger partial charge is 0.401 e. The highest BCUT2D eigenvalue weighted by Gasteiger charge is 2.04. The summed E-state index contributed by atoms with van der Waals surface area (Å²) in [5.74, 6) is 1.39. The molecule has 1 heterocycles. The number of hydrogen-bond acceptors (Lipinski definition) is 4. The van der Waals surface area contributed by atoms with Gasteiger partial charge in [0, 0.05) is 5.11 Å². The topological polar surface area (TPSA) is 66.5 Å². The maximum Gasteiger partial charge on any atom is 0.401 e. The Balaban J connectivity index is 2.14. The van der Waals surface area contributed by atoms with E-state index in [-0.39, 0.29) is 0 Å². The van der Waals surface area contributed by atoms with Crippen LogP contribution in [0, 0.1) is 0 Å². The third-order valence-electron chi connectivity index (χ3n) is 2.06. The molecule has 0 spiro atoms. The van der Waals surface area contributed by atoms with E-state index >= 15 is 0 Å². The molecule has 0 saturated carbocycles. The second kappa shape index (κ2) is 4.52. The maximum atomic E-state index is 5.05. The Morgan fingerprint density at radius 1 is 1.25 bits per heavy atom. The van der Waals surface area contributed by atoms with Gasteiger partial charge in [0.25, 0.3) is 0 Å². The predicted octanol–water partition coefficient (Wildman–Crippen LogP) is 1.66. The molecular weight excluding hydrogens is 206 g/mol. The summed E-state index contributed by atoms with van der Waals surface area (Å²) in [5, 5.41) is 14.6. The van der Waals surface area contributed by atoms with Gasteiger partial charge in [0.2, 0.25) is 6.33 Å². The molecule has 0 fully saturated rings. The van der Waals surface area contributed by atoms with Gasteiger partial charge in [-0.1, -0.05) is 5.11 Å². The summed E-state index contributed by atoms with van der Waals surface area (Å²) >= 11 is 0. The van der Waals surface area contributed by atoms with E-state index in [1.807, 2.05) is 31.3 Å². The van der Waals surface area contributed by atoms with E-state index in [0.717, 1.165) is 11.4 Å². The molecule has 0 radical (unpaired) electrons. The number of ether oxygens (including phenoxy) is 1. The van der Waals surface area contributed by atoms with Gasteiger partial charge >= 0.3 is 5.95 Å². The van der Waals surface area contributed by atoms with E-state index < -0.39 is 0 Å². The van der Waals surface area contributed by atoms with E-state index in [4.69, 9.17) is 4.74 Å². The number of aryl methyl sites for hydroxylation is 1. The van der Waals surface area contributed by atoms with Gasteiger partial charge in [-0.25, -0.2) is 4.57 Å². The highest BCUT2D eigenvalue weighted by atomic mass is 16.5. The SMILES string of the molecule is COc1ccc(N=Nc2[nH]nc[n+]2C)cc1. The first kappa shape index (κ1) is 10.3. The number of hydrogen-bond donors (Lipinski definition) is 1. The Morgan fingerprint density at radius 3 is 2.56 bits per heavy atom. The number of nitrogens with one attached hydrogen (secondary N) is 1. The largest absolute Gasteiger partial charge is 0.497 e. The van der Waals surface area contributed by atoms with Gasteiger partial charge in [0.15, 0.2) is 0 Å². The standard InChI is InChI=1S/C10H11N5O/c1-15-7-11-13-10(15)14-12-8-3-5-9(16-2)6-4-8/h3-7H,1-2H3/p+1. The molecule has 82 valence electrons. The van der Waals surface area contributed by atoms with Crippen molar-refractivity contribution in [3.05, 3.63) is 30.6 Å². The molecule has 0 bridgehead atoms. The van der Waals surface area contributed by atoms with Crippen LogP contribution >= 0.6 is 0 Å². The fourth-order valence-electron chi connectivity index (χ4n) is 1.15. The van der Waals surface area contributed by atoms with Gasteiger partial charge in [-0.15, -0.1) is 5.10 Å². The molecule has 0 aliphatic heterocycles. The number of aromatic nitrogens is 3. The van der Waals surface area contributed by atoms with E-state index in [0.29, 0.717) is 5.95 Å². The summed E-state index contributed by atoms with van der Waals surface area (Å²) < 4.78 is 6.79. The van der Waals surface area contributed by atoms with E-state index in [2.05, 4.69) is 20.4 Å². The first-order chi connectivity index (χ1) is 7.79. The molecule has 0 aliphatic carbocycles. The van der Waals surface area contributed by atoms with Crippen LogP contribution in [0.1, 0.15) is 0 Å². The molecule has 0 aliphatic rings. The minimum Gasteiger partial charge on any atom is -0.497 e. The molecule has 1 N–H and O–H groups in total. The van der Waals surface area contributed by atoms with Crippen molar-refractivity contribution in [2.75, 3.05) is 7.11 Å². The molecule has 0 atom stereocenters. The lowest BCUT2D eigenvalue weighted by molar-refractivity contribution is -0.658. The Bertz CT molecular complexity index is 488. The van der Waals surface area contributed by atoms with Gasteiger partial charge in [-0.05, 0) is 29.4 Å². The third kappa shape index (κ3) is 2.22. The first-order valence-corrected chi connectivity index (χ1v) is 4.74. The van der Waals surface area contributed by atoms with Crippen molar-refractivity contribution in [1.82, 2.24) is 10.2 Å². The van der Waals surface area contributed by atoms with Crippen molar-refractivity contribution in [3.8, 4) is 5.75 Å². The molecule has 0 amide bonds. The number of rotatable bonds is 3. The molecule has 1 aromatic carbocycles. The zero-order valence-electron chi connectivity index (χ0n) is 9.08. The molecule has 0 unspecified atom stereocenters. The molecule has 2 rings (SSSR count). The zero-order valence-corrected chi connectivity index (χ0v) is 9.08. The lowest BCUT2D eigenvalue weighted by Crippen LogP contribution is -2.24. The van der Waals surface area contributed by atoms with Gasteiger partial charge in [-0.3, -0.25) is 0 Å². The lowest BCUT2D eigenvalue weighted by Gasteiger charge is -1.96. The quantitative estimate of drug-likeness (QED) is 0.628. The molecule has 1 aromatic heterocycles. The van der Waals surface area contributed by atoms with Crippen molar-refractivity contribution in [3.63, 3.8) is 0 Å². The number of H-pyrrole nitrogens is 1. The zero-order chi connectivity index (χ0) is 11.4. The van der Waals surface area contributed by atoms with Crippen LogP contribution in [-0.4, -0.2) is 17.3 Å². The number of aromatic amines is 1. The van der Waals surface area contributed by atoms with Crippen LogP contribution in [0.25, 0.3) is 0 Å². The van der Waals surface area contributed by atoms with Gasteiger partial charge in [0.05, 0.1) is 19.8 Å². The van der Waals surface area contributed by atoms with Crippen LogP contribution in [0.5, 0.6) is 5.75 Å². The average molecular weight is 218 g/mol. The average Bonchev–Trinajstić information content (AvgIpc) is 2.73. The summed E-state index contributed by atoms with van der Waals surface area (Å²) in [4.78, 5) is 0. The summed E-state index contributed by atoms with van der Waals surface area (Å²) in [6, 6.07) is 7.33. The normalized spacial score (nSPS) is 10.9. The van der Waals surface area contributed by atoms with Crippen LogP contribution in [0.2, 0.25) is 0 Å². The highest BCUT2D eigenvalue weighted by Crippen LogP contribution is 2.18. The Hall–Kier alpha value is -2.24. The fourth-order valence-corrected chi connectivity index (χ4v) is 1.15. The Labute approximate surface area is 92.6 Å².